The van der Waals surface area contributed by atoms with E-state index in [1.807, 2.05) is 69.3 Å². The highest BCUT2D eigenvalue weighted by molar-refractivity contribution is 5.98. The fraction of sp³-hybridized carbons (Fsp3) is 0.207. The minimum absolute atomic E-state index is 0.153. The van der Waals surface area contributed by atoms with Crippen molar-refractivity contribution < 1.29 is 14.3 Å². The Kier molecular flexibility index (Phi) is 9.09. The highest BCUT2D eigenvalue weighted by Crippen LogP contribution is 2.24. The van der Waals surface area contributed by atoms with Crippen LogP contribution in [0.3, 0.4) is 0 Å². The molecule has 0 spiro atoms. The number of esters is 1. The number of ether oxygens (including phenoxy) is 1. The summed E-state index contributed by atoms with van der Waals surface area (Å²) in [5.41, 5.74) is 9.81. The van der Waals surface area contributed by atoms with E-state index in [-0.39, 0.29) is 25.0 Å². The number of nitrogens with two attached hydrogens (primary N) is 1. The molecule has 0 radical (unpaired) electrons. The average Bonchev–Trinajstić information content (AvgIpc) is 2.90. The maximum Gasteiger partial charge on any atom is 0.338 e. The van der Waals surface area contributed by atoms with Gasteiger partial charge in [0.2, 0.25) is 5.91 Å². The van der Waals surface area contributed by atoms with Gasteiger partial charge in [-0.25, -0.2) is 4.79 Å². The van der Waals surface area contributed by atoms with Gasteiger partial charge in [-0.1, -0.05) is 56.3 Å². The Balaban J connectivity index is 0.00000167. The molecule has 0 fully saturated rings. The van der Waals surface area contributed by atoms with Crippen molar-refractivity contribution in [1.82, 2.24) is 4.98 Å². The van der Waals surface area contributed by atoms with Crippen LogP contribution in [0.15, 0.2) is 85.2 Å². The predicted molar refractivity (Wildman–Crippen MR) is 140 cm³/mol. The summed E-state index contributed by atoms with van der Waals surface area (Å²) in [6, 6.07) is 22.1. The minimum atomic E-state index is -0.501. The summed E-state index contributed by atoms with van der Waals surface area (Å²) in [5, 5.41) is 4.98. The molecule has 0 aliphatic carbocycles. The molecule has 1 atom stereocenters. The molecule has 0 saturated carbocycles. The van der Waals surface area contributed by atoms with E-state index >= 15 is 0 Å². The van der Waals surface area contributed by atoms with Crippen LogP contribution in [0.25, 0.3) is 10.8 Å². The van der Waals surface area contributed by atoms with E-state index in [2.05, 4.69) is 10.3 Å². The molecule has 1 heterocycles. The molecule has 3 N–H and O–H groups in total. The molecule has 35 heavy (non-hydrogen) atoms. The molecule has 1 amide bonds. The van der Waals surface area contributed by atoms with Crippen LogP contribution in [0.4, 0.5) is 5.69 Å². The number of nitrogens with one attached hydrogen (secondary N) is 1. The van der Waals surface area contributed by atoms with Gasteiger partial charge in [0.25, 0.3) is 0 Å². The Hall–Kier alpha value is -4.03. The maximum absolute atomic E-state index is 13.0. The summed E-state index contributed by atoms with van der Waals surface area (Å²) < 4.78 is 5.41. The first-order valence-corrected chi connectivity index (χ1v) is 11.7. The number of carbonyl (C=O) groups excluding carboxylic acids is 2. The van der Waals surface area contributed by atoms with Crippen molar-refractivity contribution in [3.63, 3.8) is 0 Å². The molecule has 0 bridgehead atoms. The summed E-state index contributed by atoms with van der Waals surface area (Å²) in [7, 11) is 0. The van der Waals surface area contributed by atoms with Crippen LogP contribution < -0.4 is 11.1 Å². The normalized spacial score (nSPS) is 11.2. The number of amides is 1. The number of fused-ring (bicyclic) bond motifs is 1. The van der Waals surface area contributed by atoms with E-state index in [0.717, 1.165) is 27.5 Å². The van der Waals surface area contributed by atoms with Gasteiger partial charge in [-0.3, -0.25) is 9.78 Å². The number of nitrogens with zero attached hydrogens (tertiary/aromatic N) is 1. The van der Waals surface area contributed by atoms with Crippen molar-refractivity contribution in [1.29, 1.82) is 0 Å². The zero-order valence-corrected chi connectivity index (χ0v) is 20.3. The second kappa shape index (κ2) is 12.4. The Bertz CT molecular complexity index is 1290. The summed E-state index contributed by atoms with van der Waals surface area (Å²) in [5.74, 6) is -1.04. The van der Waals surface area contributed by atoms with Gasteiger partial charge in [-0.2, -0.15) is 0 Å². The third-order valence-electron chi connectivity index (χ3n) is 5.55. The first-order chi connectivity index (χ1) is 17.0. The van der Waals surface area contributed by atoms with Crippen LogP contribution in [0, 0.1) is 6.92 Å². The number of carbonyl (C=O) groups is 2. The molecule has 4 aromatic rings. The van der Waals surface area contributed by atoms with Gasteiger partial charge in [-0.15, -0.1) is 0 Å². The van der Waals surface area contributed by atoms with Crippen LogP contribution in [-0.2, 0) is 16.1 Å². The van der Waals surface area contributed by atoms with Crippen molar-refractivity contribution in [2.24, 2.45) is 5.73 Å². The smallest absolute Gasteiger partial charge is 0.338 e. The van der Waals surface area contributed by atoms with Gasteiger partial charge in [0, 0.05) is 30.0 Å². The topological polar surface area (TPSA) is 94.3 Å². The highest BCUT2D eigenvalue weighted by Gasteiger charge is 2.21. The monoisotopic (exact) mass is 469 g/mol. The van der Waals surface area contributed by atoms with Gasteiger partial charge < -0.3 is 15.8 Å². The second-order valence-electron chi connectivity index (χ2n) is 7.85. The van der Waals surface area contributed by atoms with Crippen LogP contribution in [0.2, 0.25) is 0 Å². The first-order valence-electron chi connectivity index (χ1n) is 11.7. The Morgan fingerprint density at radius 1 is 0.971 bits per heavy atom. The standard InChI is InChI=1S/C27H25N3O3.C2H6/c1-18-13-19(17-33-27(32)20-5-3-2-4-6-20)7-10-24(18)25(15-28)26(31)30-23-9-8-22-16-29-12-11-21(22)14-23;1-2/h2-14,16,25H,15,17,28H2,1H3,(H,30,31);1-2H3. The van der Waals surface area contributed by atoms with E-state index < -0.39 is 5.92 Å². The Morgan fingerprint density at radius 3 is 2.46 bits per heavy atom. The maximum atomic E-state index is 13.0. The molecule has 0 aliphatic heterocycles. The molecule has 1 unspecified atom stereocenters. The van der Waals surface area contributed by atoms with Gasteiger partial charge in [0.05, 0.1) is 11.5 Å². The molecule has 3 aromatic carbocycles. The zero-order chi connectivity index (χ0) is 25.2. The van der Waals surface area contributed by atoms with Crippen molar-refractivity contribution in [2.45, 2.75) is 33.3 Å². The Labute approximate surface area is 206 Å². The second-order valence-corrected chi connectivity index (χ2v) is 7.85. The van der Waals surface area contributed by atoms with Gasteiger partial charge in [0.15, 0.2) is 0 Å². The quantitative estimate of drug-likeness (QED) is 0.343. The largest absolute Gasteiger partial charge is 0.457 e. The zero-order valence-electron chi connectivity index (χ0n) is 20.3. The number of rotatable bonds is 7. The van der Waals surface area contributed by atoms with Crippen LogP contribution in [0.1, 0.15) is 46.8 Å². The van der Waals surface area contributed by atoms with E-state index in [1.54, 1.807) is 36.7 Å². The fourth-order valence-corrected chi connectivity index (χ4v) is 3.79. The van der Waals surface area contributed by atoms with Gasteiger partial charge in [-0.05, 0) is 59.3 Å². The van der Waals surface area contributed by atoms with Gasteiger partial charge >= 0.3 is 5.97 Å². The molecule has 0 saturated heterocycles. The first kappa shape index (κ1) is 25.6. The molecule has 1 aromatic heterocycles. The van der Waals surface area contributed by atoms with Crippen molar-refractivity contribution in [3.8, 4) is 0 Å². The van der Waals surface area contributed by atoms with E-state index in [1.165, 1.54) is 0 Å². The number of anilines is 1. The summed E-state index contributed by atoms with van der Waals surface area (Å²) in [6.45, 7) is 6.25. The van der Waals surface area contributed by atoms with Crippen LogP contribution in [-0.4, -0.2) is 23.4 Å². The SMILES string of the molecule is CC.Cc1cc(COC(=O)c2ccccc2)ccc1C(CN)C(=O)Nc1ccc2cnccc2c1. The van der Waals surface area contributed by atoms with Gasteiger partial charge in [0.1, 0.15) is 6.61 Å². The van der Waals surface area contributed by atoms with Crippen LogP contribution in [0.5, 0.6) is 0 Å². The Morgan fingerprint density at radius 2 is 1.74 bits per heavy atom. The number of aromatic nitrogens is 1. The predicted octanol–water partition coefficient (Wildman–Crippen LogP) is 5.61. The van der Waals surface area contributed by atoms with E-state index in [0.29, 0.717) is 11.3 Å². The van der Waals surface area contributed by atoms with Crippen LogP contribution >= 0.6 is 0 Å². The fourth-order valence-electron chi connectivity index (χ4n) is 3.79. The lowest BCUT2D eigenvalue weighted by atomic mass is 9.92. The highest BCUT2D eigenvalue weighted by atomic mass is 16.5. The molecule has 4 rings (SSSR count). The summed E-state index contributed by atoms with van der Waals surface area (Å²) in [4.78, 5) is 29.3. The third kappa shape index (κ3) is 6.52. The number of hydrogen-bond donors (Lipinski definition) is 2. The lowest BCUT2D eigenvalue weighted by molar-refractivity contribution is -0.117. The van der Waals surface area contributed by atoms with Crippen molar-refractivity contribution >= 4 is 28.3 Å². The van der Waals surface area contributed by atoms with E-state index in [4.69, 9.17) is 10.5 Å². The number of hydrogen-bond acceptors (Lipinski definition) is 5. The lowest BCUT2D eigenvalue weighted by Gasteiger charge is -2.18. The number of pyridine rings is 1. The molecule has 6 nitrogen and oxygen atoms in total. The minimum Gasteiger partial charge on any atom is -0.457 e. The molecule has 6 heteroatoms. The molecular formula is C29H31N3O3. The number of benzene rings is 3. The number of aryl methyl sites for hydroxylation is 1. The summed E-state index contributed by atoms with van der Waals surface area (Å²) >= 11 is 0. The molecule has 180 valence electrons. The van der Waals surface area contributed by atoms with E-state index in [9.17, 15) is 9.59 Å². The van der Waals surface area contributed by atoms with Crippen molar-refractivity contribution in [3.05, 3.63) is 107 Å². The lowest BCUT2D eigenvalue weighted by Crippen LogP contribution is -2.28. The molecule has 0 aliphatic rings. The molecular weight excluding hydrogens is 438 g/mol. The van der Waals surface area contributed by atoms with Crippen molar-refractivity contribution in [2.75, 3.05) is 11.9 Å². The average molecular weight is 470 g/mol. The summed E-state index contributed by atoms with van der Waals surface area (Å²) in [6.07, 6.45) is 3.50. The third-order valence-corrected chi connectivity index (χ3v) is 5.55.